The predicted octanol–water partition coefficient (Wildman–Crippen LogP) is 2.41. The molecule has 0 amide bonds. The van der Waals surface area contributed by atoms with Crippen molar-refractivity contribution in [1.29, 1.82) is 5.26 Å². The van der Waals surface area contributed by atoms with Crippen LogP contribution in [0.3, 0.4) is 0 Å². The molecule has 1 aromatic carbocycles. The van der Waals surface area contributed by atoms with E-state index in [2.05, 4.69) is 0 Å². The normalized spacial score (nSPS) is 15.0. The van der Waals surface area contributed by atoms with Gasteiger partial charge in [0.2, 0.25) is 0 Å². The van der Waals surface area contributed by atoms with Crippen molar-refractivity contribution in [3.63, 3.8) is 0 Å². The Bertz CT molecular complexity index is 558. The van der Waals surface area contributed by atoms with Gasteiger partial charge >= 0.3 is 0 Å². The fourth-order valence-corrected chi connectivity index (χ4v) is 4.04. The summed E-state index contributed by atoms with van der Waals surface area (Å²) < 4.78 is 23.8. The van der Waals surface area contributed by atoms with E-state index in [9.17, 15) is 8.42 Å². The van der Waals surface area contributed by atoms with Crippen LogP contribution in [0.5, 0.6) is 0 Å². The molecule has 0 N–H and O–H groups in total. The lowest BCUT2D eigenvalue weighted by atomic mass is 10.1. The van der Waals surface area contributed by atoms with E-state index in [1.54, 1.807) is 23.9 Å². The summed E-state index contributed by atoms with van der Waals surface area (Å²) in [5.41, 5.74) is 1.12. The smallest absolute Gasteiger partial charge is 0.179 e. The van der Waals surface area contributed by atoms with Crippen molar-refractivity contribution in [1.82, 2.24) is 0 Å². The molecule has 0 aliphatic carbocycles. The quantitative estimate of drug-likeness (QED) is 0.844. The molecule has 0 aromatic heterocycles. The summed E-state index contributed by atoms with van der Waals surface area (Å²) >= 11 is 1.78. The molecule has 0 spiro atoms. The van der Waals surface area contributed by atoms with E-state index >= 15 is 0 Å². The van der Waals surface area contributed by atoms with Gasteiger partial charge in [0.05, 0.1) is 16.7 Å². The molecule has 0 fully saturated rings. The highest BCUT2D eigenvalue weighted by atomic mass is 32.2. The molecule has 90 valence electrons. The highest BCUT2D eigenvalue weighted by Crippen LogP contribution is 2.31. The van der Waals surface area contributed by atoms with Crippen LogP contribution in [0.2, 0.25) is 0 Å². The maximum absolute atomic E-state index is 11.9. The van der Waals surface area contributed by atoms with Crippen LogP contribution in [-0.2, 0) is 16.3 Å². The van der Waals surface area contributed by atoms with E-state index in [-0.39, 0.29) is 12.2 Å². The molecule has 0 atom stereocenters. The summed E-state index contributed by atoms with van der Waals surface area (Å²) in [4.78, 5) is 1.55. The first-order valence-corrected chi connectivity index (χ1v) is 8.13. The van der Waals surface area contributed by atoms with Gasteiger partial charge in [-0.3, -0.25) is 0 Å². The second kappa shape index (κ2) is 5.11. The van der Waals surface area contributed by atoms with Gasteiger partial charge in [-0.2, -0.15) is 5.26 Å². The van der Waals surface area contributed by atoms with Crippen LogP contribution in [0.4, 0.5) is 0 Å². The number of benzene rings is 1. The molecule has 2 rings (SSSR count). The minimum Gasteiger partial charge on any atom is -0.224 e. The zero-order valence-electron chi connectivity index (χ0n) is 9.35. The van der Waals surface area contributed by atoms with Crippen molar-refractivity contribution in [3.8, 4) is 6.07 Å². The second-order valence-electron chi connectivity index (χ2n) is 3.95. The average Bonchev–Trinajstić information content (AvgIpc) is 2.36. The summed E-state index contributed by atoms with van der Waals surface area (Å²) in [5.74, 6) is 1.02. The molecule has 1 aliphatic rings. The number of nitriles is 1. The van der Waals surface area contributed by atoms with E-state index in [1.165, 1.54) is 4.90 Å². The largest absolute Gasteiger partial charge is 0.224 e. The van der Waals surface area contributed by atoms with Gasteiger partial charge in [0, 0.05) is 11.3 Å². The molecule has 1 aromatic rings. The number of hydrogen-bond acceptors (Lipinski definition) is 4. The molecule has 0 unspecified atom stereocenters. The molecule has 0 bridgehead atoms. The zero-order chi connectivity index (χ0) is 12.3. The molecule has 5 heteroatoms. The van der Waals surface area contributed by atoms with Crippen LogP contribution in [0.15, 0.2) is 28.0 Å². The maximum Gasteiger partial charge on any atom is 0.179 e. The molecule has 17 heavy (non-hydrogen) atoms. The first kappa shape index (κ1) is 12.5. The van der Waals surface area contributed by atoms with Gasteiger partial charge < -0.3 is 0 Å². The van der Waals surface area contributed by atoms with Crippen LogP contribution in [0, 0.1) is 11.3 Å². The molecule has 0 saturated heterocycles. The number of fused-ring (bicyclic) bond motifs is 1. The number of thioether (sulfide) groups is 1. The van der Waals surface area contributed by atoms with Crippen LogP contribution in [-0.4, -0.2) is 19.9 Å². The van der Waals surface area contributed by atoms with Gasteiger partial charge in [-0.05, 0) is 42.4 Å². The maximum atomic E-state index is 11.9. The number of nitrogens with zero attached hydrogens (tertiary/aromatic N) is 1. The Kier molecular flexibility index (Phi) is 3.75. The standard InChI is InChI=1S/C12H13NO2S2/c13-6-2-8-17(14,15)11-4-5-12-10(9-11)3-1-7-16-12/h4-5,9H,1-3,7-8H2. The highest BCUT2D eigenvalue weighted by Gasteiger charge is 2.17. The van der Waals surface area contributed by atoms with Gasteiger partial charge in [-0.1, -0.05) is 0 Å². The summed E-state index contributed by atoms with van der Waals surface area (Å²) in [5, 5.41) is 8.45. The monoisotopic (exact) mass is 267 g/mol. The zero-order valence-corrected chi connectivity index (χ0v) is 11.0. The Balaban J connectivity index is 2.31. The number of rotatable bonds is 3. The van der Waals surface area contributed by atoms with E-state index in [4.69, 9.17) is 5.26 Å². The minimum atomic E-state index is -3.29. The Labute approximate surface area is 106 Å². The van der Waals surface area contributed by atoms with Crippen molar-refractivity contribution in [2.45, 2.75) is 29.1 Å². The van der Waals surface area contributed by atoms with Crippen LogP contribution in [0.1, 0.15) is 18.4 Å². The predicted molar refractivity (Wildman–Crippen MR) is 67.8 cm³/mol. The van der Waals surface area contributed by atoms with Crippen molar-refractivity contribution in [2.24, 2.45) is 0 Å². The Morgan fingerprint density at radius 1 is 1.41 bits per heavy atom. The number of hydrogen-bond donors (Lipinski definition) is 0. The highest BCUT2D eigenvalue weighted by molar-refractivity contribution is 7.99. The topological polar surface area (TPSA) is 57.9 Å². The van der Waals surface area contributed by atoms with Gasteiger partial charge in [0.1, 0.15) is 0 Å². The average molecular weight is 267 g/mol. The number of sulfone groups is 1. The molecule has 3 nitrogen and oxygen atoms in total. The summed E-state index contributed by atoms with van der Waals surface area (Å²) in [6.07, 6.45) is 2.09. The van der Waals surface area contributed by atoms with Gasteiger partial charge in [0.15, 0.2) is 9.84 Å². The fourth-order valence-electron chi connectivity index (χ4n) is 1.83. The van der Waals surface area contributed by atoms with Gasteiger partial charge in [0.25, 0.3) is 0 Å². The molecule has 0 radical (unpaired) electrons. The first-order chi connectivity index (χ1) is 8.13. The van der Waals surface area contributed by atoms with Crippen molar-refractivity contribution in [3.05, 3.63) is 23.8 Å². The fraction of sp³-hybridized carbons (Fsp3) is 0.417. The van der Waals surface area contributed by atoms with Crippen LogP contribution in [0.25, 0.3) is 0 Å². The van der Waals surface area contributed by atoms with Crippen molar-refractivity contribution >= 4 is 21.6 Å². The third kappa shape index (κ3) is 2.82. The lowest BCUT2D eigenvalue weighted by molar-refractivity contribution is 0.595. The molecular weight excluding hydrogens is 254 g/mol. The first-order valence-electron chi connectivity index (χ1n) is 5.49. The third-order valence-electron chi connectivity index (χ3n) is 2.72. The van der Waals surface area contributed by atoms with E-state index < -0.39 is 9.84 Å². The molecule has 1 aliphatic heterocycles. The minimum absolute atomic E-state index is 0.0498. The summed E-state index contributed by atoms with van der Waals surface area (Å²) in [6, 6.07) is 7.19. The Morgan fingerprint density at radius 2 is 2.24 bits per heavy atom. The van der Waals surface area contributed by atoms with E-state index in [1.807, 2.05) is 12.1 Å². The second-order valence-corrected chi connectivity index (χ2v) is 7.19. The van der Waals surface area contributed by atoms with Crippen molar-refractivity contribution < 1.29 is 8.42 Å². The number of aryl methyl sites for hydroxylation is 1. The van der Waals surface area contributed by atoms with Crippen LogP contribution < -0.4 is 0 Å². The van der Waals surface area contributed by atoms with Crippen molar-refractivity contribution in [2.75, 3.05) is 11.5 Å². The van der Waals surface area contributed by atoms with E-state index in [0.717, 1.165) is 24.2 Å². The Morgan fingerprint density at radius 3 is 3.00 bits per heavy atom. The lowest BCUT2D eigenvalue weighted by Gasteiger charge is -2.15. The molecular formula is C12H13NO2S2. The SMILES string of the molecule is N#CCCS(=O)(=O)c1ccc2c(c1)CCCS2. The van der Waals surface area contributed by atoms with Crippen LogP contribution >= 0.6 is 11.8 Å². The molecule has 1 heterocycles. The van der Waals surface area contributed by atoms with Gasteiger partial charge in [-0.15, -0.1) is 11.8 Å². The Hall–Kier alpha value is -0.990. The van der Waals surface area contributed by atoms with E-state index in [0.29, 0.717) is 4.90 Å². The lowest BCUT2D eigenvalue weighted by Crippen LogP contribution is -2.08. The summed E-state index contributed by atoms with van der Waals surface area (Å²) in [6.45, 7) is 0. The summed E-state index contributed by atoms with van der Waals surface area (Å²) in [7, 11) is -3.29. The van der Waals surface area contributed by atoms with Gasteiger partial charge in [-0.25, -0.2) is 8.42 Å². The third-order valence-corrected chi connectivity index (χ3v) is 5.64. The molecule has 0 saturated carbocycles.